The molecule has 0 aliphatic carbocycles. The normalized spacial score (nSPS) is 16.0. The Hall–Kier alpha value is -3.60. The van der Waals surface area contributed by atoms with E-state index in [-0.39, 0.29) is 23.5 Å². The van der Waals surface area contributed by atoms with Crippen molar-refractivity contribution < 1.29 is 9.59 Å². The highest BCUT2D eigenvalue weighted by atomic mass is 32.1. The number of nitrogens with two attached hydrogens (primary N) is 1. The van der Waals surface area contributed by atoms with E-state index >= 15 is 0 Å². The highest BCUT2D eigenvalue weighted by Crippen LogP contribution is 2.25. The highest BCUT2D eigenvalue weighted by molar-refractivity contribution is 7.10. The molecule has 3 aromatic heterocycles. The first kappa shape index (κ1) is 20.7. The minimum absolute atomic E-state index is 0.0346. The number of piperidine rings is 1. The molecule has 4 rings (SSSR count). The number of pyridine rings is 1. The van der Waals surface area contributed by atoms with Crippen molar-refractivity contribution in [1.29, 1.82) is 0 Å². The third-order valence-electron chi connectivity index (χ3n) is 4.89. The number of aryl methyl sites for hydroxylation is 1. The lowest BCUT2D eigenvalue weighted by molar-refractivity contribution is 0.0931. The Balaban J connectivity index is 1.50. The van der Waals surface area contributed by atoms with Crippen molar-refractivity contribution >= 4 is 40.0 Å². The van der Waals surface area contributed by atoms with Crippen LogP contribution in [0, 0.1) is 6.92 Å². The summed E-state index contributed by atoms with van der Waals surface area (Å²) in [6.45, 7) is 3.23. The van der Waals surface area contributed by atoms with Gasteiger partial charge in [-0.2, -0.15) is 4.37 Å². The van der Waals surface area contributed by atoms with Gasteiger partial charge in [-0.15, -0.1) is 0 Å². The Morgan fingerprint density at radius 1 is 1.29 bits per heavy atom. The summed E-state index contributed by atoms with van der Waals surface area (Å²) in [7, 11) is 0. The topological polar surface area (TPSA) is 139 Å². The summed E-state index contributed by atoms with van der Waals surface area (Å²) < 4.78 is 4.22. The average Bonchev–Trinajstić information content (AvgIpc) is 3.19. The molecular formula is C20H22N8O2S. The molecule has 0 radical (unpaired) electrons. The lowest BCUT2D eigenvalue weighted by Crippen LogP contribution is -2.48. The van der Waals surface area contributed by atoms with Gasteiger partial charge >= 0.3 is 0 Å². The molecule has 160 valence electrons. The van der Waals surface area contributed by atoms with Crippen molar-refractivity contribution in [3.63, 3.8) is 0 Å². The van der Waals surface area contributed by atoms with Gasteiger partial charge in [-0.05, 0) is 49.5 Å². The second-order valence-corrected chi connectivity index (χ2v) is 8.05. The van der Waals surface area contributed by atoms with Crippen molar-refractivity contribution in [2.75, 3.05) is 23.3 Å². The predicted molar refractivity (Wildman–Crippen MR) is 118 cm³/mol. The number of carbonyl (C=O) groups excluding carboxylic acids is 2. The summed E-state index contributed by atoms with van der Waals surface area (Å²) in [4.78, 5) is 39.1. The molecule has 1 unspecified atom stereocenters. The Morgan fingerprint density at radius 2 is 2.10 bits per heavy atom. The fraction of sp³-hybridized carbons (Fsp3) is 0.300. The summed E-state index contributed by atoms with van der Waals surface area (Å²) in [6, 6.07) is 5.19. The summed E-state index contributed by atoms with van der Waals surface area (Å²) in [5.41, 5.74) is 6.97. The standard InChI is InChI=1S/C20H22N8O2S/c1-12-9-16(31-27-12)26-19-17(18(21)29)23-10-15(25-19)28-8-2-3-14(11-28)24-20(30)13-4-6-22-7-5-13/h4-7,9-10,14H,2-3,8,11H2,1H3,(H2,21,29)(H,24,30)(H,25,26). The first-order valence-electron chi connectivity index (χ1n) is 9.82. The number of anilines is 3. The van der Waals surface area contributed by atoms with Crippen LogP contribution in [0.25, 0.3) is 0 Å². The van der Waals surface area contributed by atoms with E-state index in [0.29, 0.717) is 17.9 Å². The maximum absolute atomic E-state index is 12.5. The number of nitrogens with one attached hydrogen (secondary N) is 2. The Bertz CT molecular complexity index is 1090. The zero-order chi connectivity index (χ0) is 21.8. The molecule has 1 saturated heterocycles. The van der Waals surface area contributed by atoms with Crippen LogP contribution in [0.15, 0.2) is 36.8 Å². The molecule has 3 aromatic rings. The van der Waals surface area contributed by atoms with Crippen molar-refractivity contribution in [2.24, 2.45) is 5.73 Å². The SMILES string of the molecule is Cc1cc(Nc2nc(N3CCCC(NC(=O)c4ccncc4)C3)cnc2C(N)=O)sn1. The molecule has 4 heterocycles. The van der Waals surface area contributed by atoms with Crippen LogP contribution >= 0.6 is 11.5 Å². The minimum atomic E-state index is -0.663. The maximum Gasteiger partial charge on any atom is 0.271 e. The maximum atomic E-state index is 12.5. The zero-order valence-electron chi connectivity index (χ0n) is 16.9. The number of aromatic nitrogens is 4. The van der Waals surface area contributed by atoms with Crippen LogP contribution in [-0.4, -0.2) is 50.3 Å². The van der Waals surface area contributed by atoms with Crippen molar-refractivity contribution in [2.45, 2.75) is 25.8 Å². The van der Waals surface area contributed by atoms with Crippen LogP contribution in [0.5, 0.6) is 0 Å². The molecule has 0 aromatic carbocycles. The lowest BCUT2D eigenvalue weighted by Gasteiger charge is -2.34. The number of hydrogen-bond acceptors (Lipinski definition) is 9. The van der Waals surface area contributed by atoms with Gasteiger partial charge in [0, 0.05) is 37.1 Å². The number of carbonyl (C=O) groups is 2. The van der Waals surface area contributed by atoms with Crippen LogP contribution in [0.4, 0.5) is 16.6 Å². The van der Waals surface area contributed by atoms with Gasteiger partial charge in [0.15, 0.2) is 11.5 Å². The lowest BCUT2D eigenvalue weighted by atomic mass is 10.1. The second-order valence-electron chi connectivity index (χ2n) is 7.24. The number of primary amides is 1. The predicted octanol–water partition coefficient (Wildman–Crippen LogP) is 1.88. The number of nitrogens with zero attached hydrogens (tertiary/aromatic N) is 5. The van der Waals surface area contributed by atoms with Gasteiger partial charge in [-0.1, -0.05) is 0 Å². The highest BCUT2D eigenvalue weighted by Gasteiger charge is 2.24. The largest absolute Gasteiger partial charge is 0.364 e. The van der Waals surface area contributed by atoms with Gasteiger partial charge in [0.05, 0.1) is 11.9 Å². The molecule has 1 fully saturated rings. The van der Waals surface area contributed by atoms with E-state index in [1.54, 1.807) is 24.5 Å². The number of hydrogen-bond donors (Lipinski definition) is 3. The van der Waals surface area contributed by atoms with E-state index in [9.17, 15) is 9.59 Å². The van der Waals surface area contributed by atoms with Gasteiger partial charge < -0.3 is 21.3 Å². The summed E-state index contributed by atoms with van der Waals surface area (Å²) >= 11 is 1.26. The van der Waals surface area contributed by atoms with Crippen LogP contribution < -0.4 is 21.3 Å². The zero-order valence-corrected chi connectivity index (χ0v) is 17.7. The smallest absolute Gasteiger partial charge is 0.271 e. The molecule has 0 spiro atoms. The molecule has 0 saturated carbocycles. The molecule has 1 aliphatic rings. The molecule has 4 N–H and O–H groups in total. The van der Waals surface area contributed by atoms with Crippen LogP contribution in [0.3, 0.4) is 0 Å². The molecule has 1 atom stereocenters. The van der Waals surface area contributed by atoms with E-state index in [2.05, 4.69) is 30.0 Å². The third-order valence-corrected chi connectivity index (χ3v) is 5.68. The van der Waals surface area contributed by atoms with Crippen LogP contribution in [0.2, 0.25) is 0 Å². The molecule has 31 heavy (non-hydrogen) atoms. The first-order valence-corrected chi connectivity index (χ1v) is 10.6. The fourth-order valence-electron chi connectivity index (χ4n) is 3.41. The van der Waals surface area contributed by atoms with E-state index < -0.39 is 5.91 Å². The Morgan fingerprint density at radius 3 is 2.81 bits per heavy atom. The fourth-order valence-corrected chi connectivity index (χ4v) is 4.07. The van der Waals surface area contributed by atoms with Crippen molar-refractivity contribution in [3.05, 3.63) is 53.7 Å². The van der Waals surface area contributed by atoms with E-state index in [1.807, 2.05) is 17.9 Å². The first-order chi connectivity index (χ1) is 15.0. The van der Waals surface area contributed by atoms with Gasteiger partial charge in [0.25, 0.3) is 11.8 Å². The molecule has 1 aliphatic heterocycles. The summed E-state index contributed by atoms with van der Waals surface area (Å²) in [5, 5.41) is 6.91. The average molecular weight is 439 g/mol. The summed E-state index contributed by atoms with van der Waals surface area (Å²) in [5.74, 6) is 0.101. The third kappa shape index (κ3) is 4.94. The van der Waals surface area contributed by atoms with E-state index in [1.165, 1.54) is 17.7 Å². The quantitative estimate of drug-likeness (QED) is 0.530. The minimum Gasteiger partial charge on any atom is -0.364 e. The molecule has 2 amide bonds. The van der Waals surface area contributed by atoms with Crippen LogP contribution in [0.1, 0.15) is 39.4 Å². The van der Waals surface area contributed by atoms with Crippen molar-refractivity contribution in [1.82, 2.24) is 24.6 Å². The summed E-state index contributed by atoms with van der Waals surface area (Å²) in [6.07, 6.45) is 6.48. The van der Waals surface area contributed by atoms with Gasteiger partial charge in [0.2, 0.25) is 0 Å². The monoisotopic (exact) mass is 438 g/mol. The molecular weight excluding hydrogens is 416 g/mol. The van der Waals surface area contributed by atoms with Crippen molar-refractivity contribution in [3.8, 4) is 0 Å². The van der Waals surface area contributed by atoms with Crippen LogP contribution in [-0.2, 0) is 0 Å². The molecule has 10 nitrogen and oxygen atoms in total. The van der Waals surface area contributed by atoms with E-state index in [4.69, 9.17) is 5.73 Å². The Kier molecular flexibility index (Phi) is 6.03. The number of amides is 2. The molecule has 0 bridgehead atoms. The molecule has 11 heteroatoms. The number of rotatable bonds is 6. The Labute approximate surface area is 183 Å². The van der Waals surface area contributed by atoms with Gasteiger partial charge in [0.1, 0.15) is 10.8 Å². The second kappa shape index (κ2) is 9.04. The van der Waals surface area contributed by atoms with E-state index in [0.717, 1.165) is 30.1 Å². The van der Waals surface area contributed by atoms with Gasteiger partial charge in [-0.25, -0.2) is 9.97 Å². The van der Waals surface area contributed by atoms with Gasteiger partial charge in [-0.3, -0.25) is 14.6 Å².